The van der Waals surface area contributed by atoms with Crippen molar-refractivity contribution < 1.29 is 19.0 Å². The highest BCUT2D eigenvalue weighted by atomic mass is 16.7. The quantitative estimate of drug-likeness (QED) is 0.429. The Labute approximate surface area is 200 Å². The second kappa shape index (κ2) is 7.69. The largest absolute Gasteiger partial charge is 0.463 e. The van der Waals surface area contributed by atoms with Crippen molar-refractivity contribution in [3.05, 3.63) is 0 Å². The zero-order valence-electron chi connectivity index (χ0n) is 21.6. The summed E-state index contributed by atoms with van der Waals surface area (Å²) in [6.07, 6.45) is 12.9. The highest BCUT2D eigenvalue weighted by Crippen LogP contribution is 2.71. The van der Waals surface area contributed by atoms with Crippen molar-refractivity contribution in [3.63, 3.8) is 0 Å². The molecule has 0 bridgehead atoms. The van der Waals surface area contributed by atoms with Crippen LogP contribution in [0.5, 0.6) is 0 Å². The molecule has 6 rings (SSSR count). The molecule has 11 unspecified atom stereocenters. The zero-order valence-corrected chi connectivity index (χ0v) is 21.6. The van der Waals surface area contributed by atoms with E-state index in [9.17, 15) is 4.79 Å². The molecule has 12 atom stereocenters. The molecular weight excluding hydrogens is 412 g/mol. The van der Waals surface area contributed by atoms with E-state index in [2.05, 4.69) is 27.7 Å². The average Bonchev–Trinajstić information content (AvgIpc) is 3.21. The summed E-state index contributed by atoms with van der Waals surface area (Å²) in [5.41, 5.74) is 0.828. The maximum absolute atomic E-state index is 11.5. The SMILES string of the molecule is CC(=O)OC1CCC2(C)C3CCC4(C)C(CC5OC6(CCC(C)CO6)C(C)C54)C3CC[C@H]2C1. The Morgan fingerprint density at radius 2 is 1.70 bits per heavy atom. The van der Waals surface area contributed by atoms with Crippen LogP contribution < -0.4 is 0 Å². The topological polar surface area (TPSA) is 44.8 Å². The van der Waals surface area contributed by atoms with Crippen LogP contribution in [0.25, 0.3) is 0 Å². The molecule has 4 aliphatic carbocycles. The van der Waals surface area contributed by atoms with Gasteiger partial charge in [-0.25, -0.2) is 0 Å². The number of carbonyl (C=O) groups excluding carboxylic acids is 1. The van der Waals surface area contributed by atoms with Gasteiger partial charge in [0, 0.05) is 19.3 Å². The molecule has 2 aliphatic heterocycles. The Morgan fingerprint density at radius 3 is 2.42 bits per heavy atom. The van der Waals surface area contributed by atoms with Crippen LogP contribution in [-0.2, 0) is 19.0 Å². The van der Waals surface area contributed by atoms with Gasteiger partial charge in [-0.3, -0.25) is 4.79 Å². The molecule has 6 fully saturated rings. The molecule has 0 aromatic carbocycles. The Bertz CT molecular complexity index is 786. The standard InChI is InChI=1S/C29H46O4/c1-17-8-13-29(31-16-17)18(2)26-25(33-29)15-24-22-7-6-20-14-21(32-19(3)30)9-11-27(20,4)23(22)10-12-28(24,26)5/h17-18,20-26H,6-16H2,1-5H3/t17?,18?,20-,21?,22?,23?,24?,25?,26?,27?,28?,29?/m0/s1. The number of fused-ring (bicyclic) bond motifs is 7. The molecule has 0 radical (unpaired) electrons. The molecule has 0 aromatic heterocycles. The summed E-state index contributed by atoms with van der Waals surface area (Å²) in [7, 11) is 0. The first-order chi connectivity index (χ1) is 15.7. The maximum Gasteiger partial charge on any atom is 0.302 e. The van der Waals surface area contributed by atoms with E-state index in [4.69, 9.17) is 14.2 Å². The molecule has 0 N–H and O–H groups in total. The lowest BCUT2D eigenvalue weighted by molar-refractivity contribution is -0.273. The van der Waals surface area contributed by atoms with Gasteiger partial charge in [-0.2, -0.15) is 0 Å². The molecule has 2 heterocycles. The van der Waals surface area contributed by atoms with Crippen molar-refractivity contribution in [3.8, 4) is 0 Å². The van der Waals surface area contributed by atoms with Crippen molar-refractivity contribution in [2.24, 2.45) is 52.3 Å². The molecular formula is C29H46O4. The van der Waals surface area contributed by atoms with Gasteiger partial charge in [0.2, 0.25) is 0 Å². The summed E-state index contributed by atoms with van der Waals surface area (Å²) in [6.45, 7) is 12.4. The van der Waals surface area contributed by atoms with Crippen LogP contribution in [0.3, 0.4) is 0 Å². The summed E-state index contributed by atoms with van der Waals surface area (Å²) in [4.78, 5) is 11.5. The van der Waals surface area contributed by atoms with Gasteiger partial charge in [0.25, 0.3) is 0 Å². The van der Waals surface area contributed by atoms with Gasteiger partial charge in [0.15, 0.2) is 5.79 Å². The van der Waals surface area contributed by atoms with Crippen LogP contribution in [0.4, 0.5) is 0 Å². The Hall–Kier alpha value is -0.610. The Balaban J connectivity index is 1.21. The van der Waals surface area contributed by atoms with Crippen LogP contribution in [0.15, 0.2) is 0 Å². The first-order valence-corrected chi connectivity index (χ1v) is 14.2. The molecule has 1 spiro atoms. The molecule has 4 nitrogen and oxygen atoms in total. The molecule has 4 saturated carbocycles. The van der Waals surface area contributed by atoms with Crippen molar-refractivity contribution in [2.75, 3.05) is 6.61 Å². The number of rotatable bonds is 1. The average molecular weight is 459 g/mol. The zero-order chi connectivity index (χ0) is 23.2. The third-order valence-electron chi connectivity index (χ3n) is 12.2. The van der Waals surface area contributed by atoms with Gasteiger partial charge in [-0.1, -0.05) is 27.7 Å². The van der Waals surface area contributed by atoms with Crippen LogP contribution >= 0.6 is 0 Å². The summed E-state index contributed by atoms with van der Waals surface area (Å²) in [6, 6.07) is 0. The van der Waals surface area contributed by atoms with E-state index in [1.807, 2.05) is 0 Å². The minimum atomic E-state index is -0.300. The second-order valence-corrected chi connectivity index (χ2v) is 13.7. The van der Waals surface area contributed by atoms with Gasteiger partial charge < -0.3 is 14.2 Å². The summed E-state index contributed by atoms with van der Waals surface area (Å²) >= 11 is 0. The normalized spacial score (nSPS) is 57.7. The molecule has 0 aromatic rings. The van der Waals surface area contributed by atoms with Crippen LogP contribution in [0, 0.1) is 52.3 Å². The fourth-order valence-electron chi connectivity index (χ4n) is 10.6. The number of ether oxygens (including phenoxy) is 3. The van der Waals surface area contributed by atoms with Crippen LogP contribution in [-0.4, -0.2) is 30.6 Å². The molecule has 186 valence electrons. The molecule has 33 heavy (non-hydrogen) atoms. The van der Waals surface area contributed by atoms with Gasteiger partial charge in [0.05, 0.1) is 12.7 Å². The van der Waals surface area contributed by atoms with Gasteiger partial charge >= 0.3 is 5.97 Å². The van der Waals surface area contributed by atoms with Crippen molar-refractivity contribution >= 4 is 5.97 Å². The Morgan fingerprint density at radius 1 is 0.909 bits per heavy atom. The van der Waals surface area contributed by atoms with Gasteiger partial charge in [-0.05, 0) is 104 Å². The van der Waals surface area contributed by atoms with Crippen LogP contribution in [0.1, 0.15) is 98.8 Å². The van der Waals surface area contributed by atoms with E-state index in [1.54, 1.807) is 6.92 Å². The lowest BCUT2D eigenvalue weighted by atomic mass is 9.44. The first-order valence-electron chi connectivity index (χ1n) is 14.2. The lowest BCUT2D eigenvalue weighted by Crippen LogP contribution is -2.55. The summed E-state index contributed by atoms with van der Waals surface area (Å²) in [5.74, 6) is 4.63. The molecule has 2 saturated heterocycles. The number of carbonyl (C=O) groups is 1. The van der Waals surface area contributed by atoms with Gasteiger partial charge in [-0.15, -0.1) is 0 Å². The smallest absolute Gasteiger partial charge is 0.302 e. The second-order valence-electron chi connectivity index (χ2n) is 13.7. The van der Waals surface area contributed by atoms with Crippen LogP contribution in [0.2, 0.25) is 0 Å². The predicted molar refractivity (Wildman–Crippen MR) is 127 cm³/mol. The van der Waals surface area contributed by atoms with Crippen molar-refractivity contribution in [1.82, 2.24) is 0 Å². The first kappa shape index (κ1) is 22.8. The third-order valence-corrected chi connectivity index (χ3v) is 12.2. The summed E-state index contributed by atoms with van der Waals surface area (Å²) in [5, 5.41) is 0. The summed E-state index contributed by atoms with van der Waals surface area (Å²) < 4.78 is 19.1. The van der Waals surface area contributed by atoms with E-state index in [0.717, 1.165) is 49.5 Å². The minimum absolute atomic E-state index is 0.105. The highest BCUT2D eigenvalue weighted by molar-refractivity contribution is 5.66. The van der Waals surface area contributed by atoms with E-state index in [1.165, 1.54) is 44.9 Å². The fraction of sp³-hybridized carbons (Fsp3) is 0.966. The van der Waals surface area contributed by atoms with Crippen molar-refractivity contribution in [1.29, 1.82) is 0 Å². The fourth-order valence-corrected chi connectivity index (χ4v) is 10.6. The molecule has 6 aliphatic rings. The monoisotopic (exact) mass is 458 g/mol. The number of hydrogen-bond acceptors (Lipinski definition) is 4. The number of esters is 1. The lowest BCUT2D eigenvalue weighted by Gasteiger charge is -2.61. The Kier molecular flexibility index (Phi) is 5.32. The predicted octanol–water partition coefficient (Wildman–Crippen LogP) is 6.36. The highest BCUT2D eigenvalue weighted by Gasteiger charge is 2.69. The third kappa shape index (κ3) is 3.25. The van der Waals surface area contributed by atoms with Crippen molar-refractivity contribution in [2.45, 2.75) is 117 Å². The van der Waals surface area contributed by atoms with E-state index >= 15 is 0 Å². The minimum Gasteiger partial charge on any atom is -0.463 e. The molecule has 4 heteroatoms. The molecule has 0 amide bonds. The number of hydrogen-bond donors (Lipinski definition) is 0. The van der Waals surface area contributed by atoms with E-state index in [0.29, 0.717) is 34.7 Å². The van der Waals surface area contributed by atoms with E-state index < -0.39 is 0 Å². The van der Waals surface area contributed by atoms with E-state index in [-0.39, 0.29) is 17.9 Å². The van der Waals surface area contributed by atoms with Gasteiger partial charge in [0.1, 0.15) is 6.10 Å². The maximum atomic E-state index is 11.5.